The van der Waals surface area contributed by atoms with Gasteiger partial charge in [-0.25, -0.2) is 0 Å². The highest BCUT2D eigenvalue weighted by molar-refractivity contribution is 8.18. The van der Waals surface area contributed by atoms with Gasteiger partial charge in [0.05, 0.1) is 23.0 Å². The third-order valence-electron chi connectivity index (χ3n) is 4.17. The Morgan fingerprint density at radius 3 is 2.69 bits per heavy atom. The fourth-order valence-corrected chi connectivity index (χ4v) is 3.72. The Labute approximate surface area is 170 Å². The minimum Gasteiger partial charge on any atom is -0.500 e. The molecule has 150 valence electrons. The summed E-state index contributed by atoms with van der Waals surface area (Å²) >= 11 is 0.763. The SMILES string of the molecule is CCOc1cc(/C=C2\SC(=O)N(Cc3cccc(C)c3)C2=O)cc([N+](=O)[O-])c1O. The Morgan fingerprint density at radius 2 is 2.03 bits per heavy atom. The zero-order valence-corrected chi connectivity index (χ0v) is 16.6. The van der Waals surface area contributed by atoms with Crippen LogP contribution in [0.2, 0.25) is 0 Å². The van der Waals surface area contributed by atoms with Crippen LogP contribution in [0.3, 0.4) is 0 Å². The molecule has 9 heteroatoms. The highest BCUT2D eigenvalue weighted by atomic mass is 32.2. The number of thioether (sulfide) groups is 1. The van der Waals surface area contributed by atoms with Crippen LogP contribution in [0.15, 0.2) is 41.3 Å². The second kappa shape index (κ2) is 8.36. The van der Waals surface area contributed by atoms with E-state index in [0.717, 1.165) is 33.9 Å². The van der Waals surface area contributed by atoms with Crippen LogP contribution in [0, 0.1) is 17.0 Å². The molecule has 2 aromatic rings. The highest BCUT2D eigenvalue weighted by Gasteiger charge is 2.35. The van der Waals surface area contributed by atoms with E-state index >= 15 is 0 Å². The first kappa shape index (κ1) is 20.4. The highest BCUT2D eigenvalue weighted by Crippen LogP contribution is 2.39. The molecule has 8 nitrogen and oxygen atoms in total. The van der Waals surface area contributed by atoms with Crippen molar-refractivity contribution in [3.8, 4) is 11.5 Å². The van der Waals surface area contributed by atoms with Gasteiger partial charge in [-0.15, -0.1) is 0 Å². The van der Waals surface area contributed by atoms with E-state index in [1.54, 1.807) is 6.92 Å². The number of amides is 2. The number of carbonyl (C=O) groups is 2. The van der Waals surface area contributed by atoms with Crippen LogP contribution in [0.5, 0.6) is 11.5 Å². The molecule has 1 fully saturated rings. The number of imide groups is 1. The summed E-state index contributed by atoms with van der Waals surface area (Å²) in [6.45, 7) is 3.93. The van der Waals surface area contributed by atoms with Gasteiger partial charge in [-0.3, -0.25) is 24.6 Å². The van der Waals surface area contributed by atoms with Crippen LogP contribution in [0.4, 0.5) is 10.5 Å². The molecule has 0 aliphatic carbocycles. The fourth-order valence-electron chi connectivity index (χ4n) is 2.88. The van der Waals surface area contributed by atoms with Gasteiger partial charge >= 0.3 is 5.69 Å². The number of nitrogens with zero attached hydrogens (tertiary/aromatic N) is 2. The van der Waals surface area contributed by atoms with E-state index in [0.29, 0.717) is 0 Å². The summed E-state index contributed by atoms with van der Waals surface area (Å²) in [4.78, 5) is 36.8. The molecular formula is C20H18N2O6S. The molecule has 1 aliphatic rings. The van der Waals surface area contributed by atoms with Gasteiger partial charge in [-0.1, -0.05) is 29.8 Å². The van der Waals surface area contributed by atoms with Crippen molar-refractivity contribution in [1.82, 2.24) is 4.90 Å². The predicted molar refractivity (Wildman–Crippen MR) is 109 cm³/mol. The first-order valence-corrected chi connectivity index (χ1v) is 9.57. The number of phenols is 1. The molecule has 1 aliphatic heterocycles. The van der Waals surface area contributed by atoms with Gasteiger partial charge < -0.3 is 9.84 Å². The number of carbonyl (C=O) groups excluding carboxylic acids is 2. The monoisotopic (exact) mass is 414 g/mol. The molecule has 1 saturated heterocycles. The van der Waals surface area contributed by atoms with Crippen LogP contribution >= 0.6 is 11.8 Å². The lowest BCUT2D eigenvalue weighted by atomic mass is 10.1. The maximum absolute atomic E-state index is 12.7. The van der Waals surface area contributed by atoms with Crippen molar-refractivity contribution in [2.75, 3.05) is 6.61 Å². The predicted octanol–water partition coefficient (Wildman–Crippen LogP) is 4.24. The summed E-state index contributed by atoms with van der Waals surface area (Å²) in [5, 5.41) is 20.8. The van der Waals surface area contributed by atoms with Gasteiger partial charge in [-0.05, 0) is 48.9 Å². The van der Waals surface area contributed by atoms with Crippen molar-refractivity contribution < 1.29 is 24.4 Å². The van der Waals surface area contributed by atoms with Gasteiger partial charge in [0.2, 0.25) is 5.75 Å². The van der Waals surface area contributed by atoms with E-state index in [2.05, 4.69) is 0 Å². The lowest BCUT2D eigenvalue weighted by Crippen LogP contribution is -2.27. The van der Waals surface area contributed by atoms with E-state index in [1.807, 2.05) is 31.2 Å². The molecule has 0 radical (unpaired) electrons. The Bertz CT molecular complexity index is 1030. The molecule has 0 atom stereocenters. The quantitative estimate of drug-likeness (QED) is 0.427. The summed E-state index contributed by atoms with van der Waals surface area (Å²) in [7, 11) is 0. The first-order valence-electron chi connectivity index (χ1n) is 8.75. The molecule has 3 rings (SSSR count). The van der Waals surface area contributed by atoms with Crippen molar-refractivity contribution in [2.24, 2.45) is 0 Å². The number of rotatable bonds is 6. The summed E-state index contributed by atoms with van der Waals surface area (Å²) in [5.74, 6) is -1.12. The van der Waals surface area contributed by atoms with Crippen molar-refractivity contribution in [1.29, 1.82) is 0 Å². The lowest BCUT2D eigenvalue weighted by molar-refractivity contribution is -0.386. The average molecular weight is 414 g/mol. The standard InChI is InChI=1S/C20H18N2O6S/c1-3-28-16-9-14(8-15(18(16)23)22(26)27)10-17-19(24)21(20(25)29-17)11-13-6-4-5-12(2)7-13/h4-10,23H,3,11H2,1-2H3/b17-10-. The van der Waals surface area contributed by atoms with Crippen LogP contribution in [0.25, 0.3) is 6.08 Å². The molecule has 2 amide bonds. The second-order valence-electron chi connectivity index (χ2n) is 6.33. The second-order valence-corrected chi connectivity index (χ2v) is 7.33. The van der Waals surface area contributed by atoms with Gasteiger partial charge in [-0.2, -0.15) is 0 Å². The topological polar surface area (TPSA) is 110 Å². The molecule has 0 aromatic heterocycles. The number of phenolic OH excluding ortho intramolecular Hbond substituents is 1. The molecular weight excluding hydrogens is 396 g/mol. The number of benzene rings is 2. The van der Waals surface area contributed by atoms with Crippen molar-refractivity contribution in [3.05, 3.63) is 68.1 Å². The van der Waals surface area contributed by atoms with Crippen LogP contribution in [-0.4, -0.2) is 32.7 Å². The van der Waals surface area contributed by atoms with Crippen LogP contribution in [-0.2, 0) is 11.3 Å². The minimum absolute atomic E-state index is 0.0630. The zero-order chi connectivity index (χ0) is 21.1. The summed E-state index contributed by atoms with van der Waals surface area (Å²) in [6.07, 6.45) is 1.39. The molecule has 2 aromatic carbocycles. The van der Waals surface area contributed by atoms with E-state index in [1.165, 1.54) is 12.1 Å². The van der Waals surface area contributed by atoms with E-state index in [9.17, 15) is 24.8 Å². The maximum atomic E-state index is 12.7. The number of aromatic hydroxyl groups is 1. The van der Waals surface area contributed by atoms with Gasteiger partial charge in [0.15, 0.2) is 5.75 Å². The van der Waals surface area contributed by atoms with Gasteiger partial charge in [0.25, 0.3) is 11.1 Å². The van der Waals surface area contributed by atoms with Gasteiger partial charge in [0.1, 0.15) is 0 Å². The summed E-state index contributed by atoms with van der Waals surface area (Å²) < 4.78 is 5.24. The number of hydrogen-bond acceptors (Lipinski definition) is 7. The summed E-state index contributed by atoms with van der Waals surface area (Å²) in [5.41, 5.74) is 1.58. The Hall–Kier alpha value is -3.33. The molecule has 29 heavy (non-hydrogen) atoms. The van der Waals surface area contributed by atoms with E-state index in [4.69, 9.17) is 4.74 Å². The zero-order valence-electron chi connectivity index (χ0n) is 15.7. The normalized spacial score (nSPS) is 15.2. The fraction of sp³-hybridized carbons (Fsp3) is 0.200. The van der Waals surface area contributed by atoms with Crippen molar-refractivity contribution >= 4 is 34.7 Å². The number of nitro groups is 1. The summed E-state index contributed by atoms with van der Waals surface area (Å²) in [6, 6.07) is 10.0. The average Bonchev–Trinajstić information content (AvgIpc) is 2.91. The number of aryl methyl sites for hydroxylation is 1. The molecule has 1 heterocycles. The number of nitro benzene ring substituents is 1. The Kier molecular flexibility index (Phi) is 5.88. The maximum Gasteiger partial charge on any atom is 0.315 e. The van der Waals surface area contributed by atoms with Gasteiger partial charge in [0, 0.05) is 6.07 Å². The molecule has 0 spiro atoms. The Morgan fingerprint density at radius 1 is 1.28 bits per heavy atom. The van der Waals surface area contributed by atoms with Crippen molar-refractivity contribution in [3.63, 3.8) is 0 Å². The molecule has 0 bridgehead atoms. The molecule has 0 saturated carbocycles. The largest absolute Gasteiger partial charge is 0.500 e. The Balaban J connectivity index is 1.92. The smallest absolute Gasteiger partial charge is 0.315 e. The van der Waals surface area contributed by atoms with Crippen LogP contribution < -0.4 is 4.74 Å². The first-order chi connectivity index (χ1) is 13.8. The molecule has 1 N–H and O–H groups in total. The van der Waals surface area contributed by atoms with Crippen molar-refractivity contribution in [2.45, 2.75) is 20.4 Å². The number of hydrogen-bond donors (Lipinski definition) is 1. The molecule has 0 unspecified atom stereocenters. The van der Waals surface area contributed by atoms with E-state index < -0.39 is 27.5 Å². The van der Waals surface area contributed by atoms with E-state index in [-0.39, 0.29) is 29.4 Å². The lowest BCUT2D eigenvalue weighted by Gasteiger charge is -2.12. The minimum atomic E-state index is -0.737. The van der Waals surface area contributed by atoms with Crippen LogP contribution in [0.1, 0.15) is 23.6 Å². The third-order valence-corrected chi connectivity index (χ3v) is 5.08. The third kappa shape index (κ3) is 4.40. The number of ether oxygens (including phenoxy) is 1.